The summed E-state index contributed by atoms with van der Waals surface area (Å²) in [5.41, 5.74) is 1.79. The van der Waals surface area contributed by atoms with Crippen molar-refractivity contribution < 1.29 is 5.11 Å². The molecule has 2 aromatic carbocycles. The number of benzene rings is 2. The highest BCUT2D eigenvalue weighted by Crippen LogP contribution is 2.35. The zero-order valence-electron chi connectivity index (χ0n) is 15.4. The molecule has 0 amide bonds. The van der Waals surface area contributed by atoms with Crippen LogP contribution < -0.4 is 0 Å². The standard InChI is InChI=1S/C20H13ClN4OS4/c1-11(17(26)14(10-22)18-23-15-4-2-3-5-16(15)29-18)28-19-24-25(20(27)30-19)13-8-6-12(21)7-9-13/h2-9,11,26H,1H3/b17-14-. The van der Waals surface area contributed by atoms with Crippen molar-refractivity contribution >= 4 is 74.0 Å². The first kappa shape index (κ1) is 21.0. The summed E-state index contributed by atoms with van der Waals surface area (Å²) in [5.74, 6) is -0.0271. The number of para-hydroxylation sites is 1. The van der Waals surface area contributed by atoms with Crippen molar-refractivity contribution in [2.75, 3.05) is 0 Å². The Kier molecular flexibility index (Phi) is 6.22. The molecule has 0 bridgehead atoms. The second kappa shape index (κ2) is 8.88. The van der Waals surface area contributed by atoms with E-state index >= 15 is 0 Å². The van der Waals surface area contributed by atoms with Crippen molar-refractivity contribution in [3.63, 3.8) is 0 Å². The number of rotatable bonds is 5. The molecule has 0 fully saturated rings. The summed E-state index contributed by atoms with van der Waals surface area (Å²) in [4.78, 5) is 4.48. The lowest BCUT2D eigenvalue weighted by Gasteiger charge is -2.09. The average Bonchev–Trinajstić information content (AvgIpc) is 3.32. The van der Waals surface area contributed by atoms with E-state index < -0.39 is 5.25 Å². The molecule has 0 saturated heterocycles. The van der Waals surface area contributed by atoms with Crippen LogP contribution in [0.15, 0.2) is 58.6 Å². The zero-order valence-corrected chi connectivity index (χ0v) is 19.5. The molecule has 2 aromatic heterocycles. The van der Waals surface area contributed by atoms with E-state index in [-0.39, 0.29) is 11.3 Å². The highest BCUT2D eigenvalue weighted by molar-refractivity contribution is 8.01. The van der Waals surface area contributed by atoms with Gasteiger partial charge in [0.1, 0.15) is 22.4 Å². The Bertz CT molecular complexity index is 1310. The van der Waals surface area contributed by atoms with Crippen LogP contribution in [0.4, 0.5) is 0 Å². The van der Waals surface area contributed by atoms with Gasteiger partial charge in [-0.05, 0) is 55.5 Å². The van der Waals surface area contributed by atoms with Crippen LogP contribution >= 0.6 is 58.3 Å². The van der Waals surface area contributed by atoms with Crippen LogP contribution in [-0.2, 0) is 0 Å². The number of fused-ring (bicyclic) bond motifs is 1. The molecule has 0 aliphatic rings. The minimum atomic E-state index is -0.397. The van der Waals surface area contributed by atoms with E-state index in [0.717, 1.165) is 15.9 Å². The van der Waals surface area contributed by atoms with Crippen LogP contribution in [0.25, 0.3) is 21.5 Å². The molecule has 1 N–H and O–H groups in total. The van der Waals surface area contributed by atoms with Crippen LogP contribution in [0, 0.1) is 15.3 Å². The van der Waals surface area contributed by atoms with Crippen LogP contribution in [-0.4, -0.2) is 25.1 Å². The summed E-state index contributed by atoms with van der Waals surface area (Å²) in [7, 11) is 0. The number of hydrogen-bond donors (Lipinski definition) is 1. The third-order valence-corrected chi connectivity index (χ3v) is 7.87. The first-order valence-electron chi connectivity index (χ1n) is 8.68. The van der Waals surface area contributed by atoms with Crippen molar-refractivity contribution in [2.45, 2.75) is 16.5 Å². The Balaban J connectivity index is 1.61. The van der Waals surface area contributed by atoms with Gasteiger partial charge in [-0.15, -0.1) is 16.4 Å². The monoisotopic (exact) mass is 488 g/mol. The summed E-state index contributed by atoms with van der Waals surface area (Å²) in [6.07, 6.45) is 0. The van der Waals surface area contributed by atoms with Crippen LogP contribution in [0.2, 0.25) is 5.02 Å². The fourth-order valence-corrected chi connectivity index (χ4v) is 6.32. The number of aliphatic hydroxyl groups is 1. The number of nitriles is 1. The van der Waals surface area contributed by atoms with Gasteiger partial charge in [0.15, 0.2) is 8.29 Å². The third-order valence-electron chi connectivity index (χ3n) is 4.14. The average molecular weight is 489 g/mol. The topological polar surface area (TPSA) is 74.7 Å². The van der Waals surface area contributed by atoms with Crippen molar-refractivity contribution in [3.8, 4) is 11.8 Å². The highest BCUT2D eigenvalue weighted by atomic mass is 35.5. The summed E-state index contributed by atoms with van der Waals surface area (Å²) < 4.78 is 3.90. The maximum absolute atomic E-state index is 10.8. The number of halogens is 1. The van der Waals surface area contributed by atoms with E-state index in [2.05, 4.69) is 16.2 Å². The summed E-state index contributed by atoms with van der Waals surface area (Å²) in [6.45, 7) is 1.82. The lowest BCUT2D eigenvalue weighted by molar-refractivity contribution is 0.402. The molecule has 4 aromatic rings. The number of aromatic nitrogens is 3. The van der Waals surface area contributed by atoms with E-state index in [1.54, 1.807) is 16.8 Å². The molecule has 10 heteroatoms. The van der Waals surface area contributed by atoms with Gasteiger partial charge in [0.25, 0.3) is 0 Å². The molecule has 0 aliphatic heterocycles. The molecular formula is C20H13ClN4OS4. The number of hydrogen-bond acceptors (Lipinski definition) is 8. The Morgan fingerprint density at radius 2 is 1.97 bits per heavy atom. The van der Waals surface area contributed by atoms with Gasteiger partial charge < -0.3 is 5.11 Å². The first-order valence-corrected chi connectivity index (χ1v) is 12.0. The van der Waals surface area contributed by atoms with Gasteiger partial charge in [-0.25, -0.2) is 9.67 Å². The molecule has 2 heterocycles. The van der Waals surface area contributed by atoms with Crippen molar-refractivity contribution in [3.05, 3.63) is 68.3 Å². The molecule has 150 valence electrons. The lowest BCUT2D eigenvalue weighted by atomic mass is 10.2. The second-order valence-corrected chi connectivity index (χ2v) is 10.8. The molecule has 1 unspecified atom stereocenters. The summed E-state index contributed by atoms with van der Waals surface area (Å²) in [6, 6.07) is 17.0. The smallest absolute Gasteiger partial charge is 0.184 e. The quantitative estimate of drug-likeness (QED) is 0.142. The Labute approximate surface area is 194 Å². The van der Waals surface area contributed by atoms with E-state index in [9.17, 15) is 10.4 Å². The molecule has 1 atom stereocenters. The fourth-order valence-electron chi connectivity index (χ4n) is 2.66. The highest BCUT2D eigenvalue weighted by Gasteiger charge is 2.21. The first-order chi connectivity index (χ1) is 14.5. The largest absolute Gasteiger partial charge is 0.510 e. The molecule has 0 saturated carbocycles. The van der Waals surface area contributed by atoms with Gasteiger partial charge in [-0.2, -0.15) is 5.26 Å². The summed E-state index contributed by atoms with van der Waals surface area (Å²) >= 11 is 15.4. The minimum Gasteiger partial charge on any atom is -0.510 e. The molecule has 30 heavy (non-hydrogen) atoms. The van der Waals surface area contributed by atoms with Gasteiger partial charge in [0.05, 0.1) is 21.2 Å². The van der Waals surface area contributed by atoms with Gasteiger partial charge in [-0.1, -0.05) is 46.8 Å². The van der Waals surface area contributed by atoms with Crippen LogP contribution in [0.5, 0.6) is 0 Å². The summed E-state index contributed by atoms with van der Waals surface area (Å²) in [5, 5.41) is 25.7. The maximum atomic E-state index is 10.8. The number of aliphatic hydroxyl groups excluding tert-OH is 1. The Morgan fingerprint density at radius 3 is 2.67 bits per heavy atom. The molecule has 0 spiro atoms. The molecule has 0 aliphatic carbocycles. The minimum absolute atomic E-state index is 0.0271. The van der Waals surface area contributed by atoms with Gasteiger partial charge in [-0.3, -0.25) is 0 Å². The lowest BCUT2D eigenvalue weighted by Crippen LogP contribution is -2.04. The Hall–Kier alpha value is -2.22. The van der Waals surface area contributed by atoms with E-state index in [1.807, 2.05) is 43.3 Å². The van der Waals surface area contributed by atoms with Crippen LogP contribution in [0.3, 0.4) is 0 Å². The van der Waals surface area contributed by atoms with E-state index in [4.69, 9.17) is 23.8 Å². The van der Waals surface area contributed by atoms with Crippen molar-refractivity contribution in [2.24, 2.45) is 0 Å². The van der Waals surface area contributed by atoms with Gasteiger partial charge in [0, 0.05) is 5.02 Å². The molecule has 0 radical (unpaired) electrons. The maximum Gasteiger partial charge on any atom is 0.184 e. The number of allylic oxidation sites excluding steroid dienone is 1. The molecule has 5 nitrogen and oxygen atoms in total. The van der Waals surface area contributed by atoms with Crippen LogP contribution in [0.1, 0.15) is 11.9 Å². The van der Waals surface area contributed by atoms with Crippen molar-refractivity contribution in [1.29, 1.82) is 5.26 Å². The van der Waals surface area contributed by atoms with E-state index in [1.165, 1.54) is 34.4 Å². The van der Waals surface area contributed by atoms with Gasteiger partial charge >= 0.3 is 0 Å². The third kappa shape index (κ3) is 4.29. The van der Waals surface area contributed by atoms with E-state index in [0.29, 0.717) is 18.3 Å². The normalized spacial score (nSPS) is 13.1. The predicted octanol–water partition coefficient (Wildman–Crippen LogP) is 6.90. The van der Waals surface area contributed by atoms with Gasteiger partial charge in [0.2, 0.25) is 0 Å². The second-order valence-electron chi connectivity index (χ2n) is 6.14. The number of nitrogens with zero attached hydrogens (tertiary/aromatic N) is 4. The Morgan fingerprint density at radius 1 is 1.23 bits per heavy atom. The molecular weight excluding hydrogens is 476 g/mol. The number of thioether (sulfide) groups is 1. The zero-order chi connectivity index (χ0) is 21.3. The van der Waals surface area contributed by atoms with Crippen molar-refractivity contribution in [1.82, 2.24) is 14.8 Å². The predicted molar refractivity (Wildman–Crippen MR) is 127 cm³/mol. The molecule has 4 rings (SSSR count). The SMILES string of the molecule is CC(Sc1nn(-c2ccc(Cl)cc2)c(=S)s1)/C(O)=C(\C#N)c1nc2ccccc2s1. The fraction of sp³-hybridized carbons (Fsp3) is 0.100. The number of thiazole rings is 1.